The number of para-hydroxylation sites is 1. The molecule has 0 radical (unpaired) electrons. The molecule has 0 saturated carbocycles. The second-order valence-corrected chi connectivity index (χ2v) is 5.82. The van der Waals surface area contributed by atoms with Crippen LogP contribution in [0.15, 0.2) is 48.5 Å². The van der Waals surface area contributed by atoms with E-state index >= 15 is 0 Å². The summed E-state index contributed by atoms with van der Waals surface area (Å²) in [6, 6.07) is 15.1. The summed E-state index contributed by atoms with van der Waals surface area (Å²) in [5.41, 5.74) is 3.41. The minimum atomic E-state index is -0.214. The number of amides is 1. The van der Waals surface area contributed by atoms with E-state index in [9.17, 15) is 4.79 Å². The molecular formula is C20H20N2O3. The van der Waals surface area contributed by atoms with E-state index < -0.39 is 0 Å². The number of pyridine rings is 1. The summed E-state index contributed by atoms with van der Waals surface area (Å²) < 4.78 is 11.1. The molecule has 3 aromatic rings. The molecule has 0 unspecified atom stereocenters. The number of hydrogen-bond donors (Lipinski definition) is 1. The predicted molar refractivity (Wildman–Crippen MR) is 98.3 cm³/mol. The van der Waals surface area contributed by atoms with Crippen molar-refractivity contribution >= 4 is 22.5 Å². The number of anilines is 1. The zero-order valence-corrected chi connectivity index (χ0v) is 14.5. The van der Waals surface area contributed by atoms with Gasteiger partial charge in [0.15, 0.2) is 6.61 Å². The zero-order valence-electron chi connectivity index (χ0n) is 14.5. The van der Waals surface area contributed by atoms with Crippen molar-refractivity contribution in [3.05, 3.63) is 59.8 Å². The number of carbonyl (C=O) groups excluding carboxylic acids is 1. The molecule has 1 heterocycles. The Morgan fingerprint density at radius 2 is 1.84 bits per heavy atom. The van der Waals surface area contributed by atoms with Gasteiger partial charge in [-0.05, 0) is 38.1 Å². The van der Waals surface area contributed by atoms with Crippen molar-refractivity contribution in [3.8, 4) is 11.5 Å². The van der Waals surface area contributed by atoms with Crippen molar-refractivity contribution in [2.75, 3.05) is 19.0 Å². The first-order valence-corrected chi connectivity index (χ1v) is 8.00. The van der Waals surface area contributed by atoms with Gasteiger partial charge >= 0.3 is 0 Å². The van der Waals surface area contributed by atoms with Gasteiger partial charge in [0.2, 0.25) is 0 Å². The Morgan fingerprint density at radius 3 is 2.56 bits per heavy atom. The molecule has 2 aromatic carbocycles. The van der Waals surface area contributed by atoms with E-state index in [0.29, 0.717) is 11.5 Å². The lowest BCUT2D eigenvalue weighted by atomic mass is 10.1. The highest BCUT2D eigenvalue weighted by Gasteiger charge is 2.11. The Hall–Kier alpha value is -3.08. The predicted octanol–water partition coefficient (Wildman–Crippen LogP) is 3.88. The minimum absolute atomic E-state index is 0.0797. The Morgan fingerprint density at radius 1 is 1.08 bits per heavy atom. The molecule has 0 atom stereocenters. The Kier molecular flexibility index (Phi) is 4.84. The van der Waals surface area contributed by atoms with Gasteiger partial charge in [-0.2, -0.15) is 0 Å². The first-order valence-electron chi connectivity index (χ1n) is 8.00. The summed E-state index contributed by atoms with van der Waals surface area (Å²) in [5.74, 6) is 1.07. The van der Waals surface area contributed by atoms with Crippen LogP contribution in [0.3, 0.4) is 0 Å². The SMILES string of the molecule is COc1cccc2c(OCC(=O)Nc3ccc(C)cc3)cc(C)nc12. The van der Waals surface area contributed by atoms with Crippen LogP contribution in [0.5, 0.6) is 11.5 Å². The molecule has 5 heteroatoms. The fraction of sp³-hybridized carbons (Fsp3) is 0.200. The van der Waals surface area contributed by atoms with Crippen LogP contribution in [0.1, 0.15) is 11.3 Å². The maximum Gasteiger partial charge on any atom is 0.262 e. The number of benzene rings is 2. The van der Waals surface area contributed by atoms with Gasteiger partial charge < -0.3 is 14.8 Å². The number of methoxy groups -OCH3 is 1. The van der Waals surface area contributed by atoms with Gasteiger partial charge in [-0.15, -0.1) is 0 Å². The van der Waals surface area contributed by atoms with Crippen LogP contribution in [0.25, 0.3) is 10.9 Å². The Balaban J connectivity index is 1.76. The van der Waals surface area contributed by atoms with E-state index in [1.807, 2.05) is 62.4 Å². The van der Waals surface area contributed by atoms with E-state index in [1.54, 1.807) is 7.11 Å². The molecule has 128 valence electrons. The fourth-order valence-corrected chi connectivity index (χ4v) is 2.57. The second-order valence-electron chi connectivity index (χ2n) is 5.82. The van der Waals surface area contributed by atoms with Crippen molar-refractivity contribution in [1.29, 1.82) is 0 Å². The first-order chi connectivity index (χ1) is 12.1. The summed E-state index contributed by atoms with van der Waals surface area (Å²) in [6.07, 6.45) is 0. The van der Waals surface area contributed by atoms with Gasteiger partial charge in [-0.3, -0.25) is 4.79 Å². The normalized spacial score (nSPS) is 10.5. The molecule has 0 aliphatic carbocycles. The molecule has 1 N–H and O–H groups in total. The molecule has 5 nitrogen and oxygen atoms in total. The van der Waals surface area contributed by atoms with Gasteiger partial charge in [0.25, 0.3) is 5.91 Å². The second kappa shape index (κ2) is 7.21. The summed E-state index contributed by atoms with van der Waals surface area (Å²) in [6.45, 7) is 3.80. The van der Waals surface area contributed by atoms with E-state index in [2.05, 4.69) is 10.3 Å². The highest BCUT2D eigenvalue weighted by Crippen LogP contribution is 2.31. The van der Waals surface area contributed by atoms with Crippen molar-refractivity contribution in [2.45, 2.75) is 13.8 Å². The van der Waals surface area contributed by atoms with Crippen LogP contribution >= 0.6 is 0 Å². The van der Waals surface area contributed by atoms with Gasteiger partial charge in [0.05, 0.1) is 7.11 Å². The number of aryl methyl sites for hydroxylation is 2. The lowest BCUT2D eigenvalue weighted by Gasteiger charge is -2.12. The van der Waals surface area contributed by atoms with Gasteiger partial charge in [-0.1, -0.05) is 23.8 Å². The van der Waals surface area contributed by atoms with Crippen LogP contribution in [0.2, 0.25) is 0 Å². The van der Waals surface area contributed by atoms with Crippen LogP contribution in [0.4, 0.5) is 5.69 Å². The lowest BCUT2D eigenvalue weighted by molar-refractivity contribution is -0.118. The molecule has 0 aliphatic rings. The van der Waals surface area contributed by atoms with Crippen molar-refractivity contribution < 1.29 is 14.3 Å². The fourth-order valence-electron chi connectivity index (χ4n) is 2.57. The lowest BCUT2D eigenvalue weighted by Crippen LogP contribution is -2.20. The summed E-state index contributed by atoms with van der Waals surface area (Å²) >= 11 is 0. The molecule has 0 fully saturated rings. The summed E-state index contributed by atoms with van der Waals surface area (Å²) in [4.78, 5) is 16.6. The van der Waals surface area contributed by atoms with Crippen LogP contribution in [0, 0.1) is 13.8 Å². The van der Waals surface area contributed by atoms with Crippen molar-refractivity contribution in [1.82, 2.24) is 4.98 Å². The molecule has 25 heavy (non-hydrogen) atoms. The van der Waals surface area contributed by atoms with Crippen LogP contribution in [-0.4, -0.2) is 24.6 Å². The van der Waals surface area contributed by atoms with Crippen molar-refractivity contribution in [2.24, 2.45) is 0 Å². The molecule has 3 rings (SSSR count). The van der Waals surface area contributed by atoms with E-state index in [4.69, 9.17) is 9.47 Å². The molecule has 0 aliphatic heterocycles. The molecule has 1 amide bonds. The number of aromatic nitrogens is 1. The molecule has 0 bridgehead atoms. The number of rotatable bonds is 5. The molecule has 1 aromatic heterocycles. The monoisotopic (exact) mass is 336 g/mol. The van der Waals surface area contributed by atoms with E-state index in [1.165, 1.54) is 0 Å². The smallest absolute Gasteiger partial charge is 0.262 e. The molecule has 0 saturated heterocycles. The number of nitrogens with zero attached hydrogens (tertiary/aromatic N) is 1. The van der Waals surface area contributed by atoms with E-state index in [0.717, 1.165) is 27.8 Å². The van der Waals surface area contributed by atoms with Gasteiger partial charge in [-0.25, -0.2) is 4.98 Å². The van der Waals surface area contributed by atoms with Gasteiger partial charge in [0, 0.05) is 22.8 Å². The highest BCUT2D eigenvalue weighted by molar-refractivity contribution is 5.93. The summed E-state index contributed by atoms with van der Waals surface area (Å²) in [5, 5.41) is 3.63. The Labute approximate surface area is 146 Å². The molecular weight excluding hydrogens is 316 g/mol. The minimum Gasteiger partial charge on any atom is -0.494 e. The van der Waals surface area contributed by atoms with Crippen molar-refractivity contribution in [3.63, 3.8) is 0 Å². The largest absolute Gasteiger partial charge is 0.494 e. The third kappa shape index (κ3) is 3.88. The third-order valence-electron chi connectivity index (χ3n) is 3.81. The highest BCUT2D eigenvalue weighted by atomic mass is 16.5. The third-order valence-corrected chi connectivity index (χ3v) is 3.81. The van der Waals surface area contributed by atoms with E-state index in [-0.39, 0.29) is 12.5 Å². The number of hydrogen-bond acceptors (Lipinski definition) is 4. The zero-order chi connectivity index (χ0) is 17.8. The van der Waals surface area contributed by atoms with Crippen LogP contribution in [-0.2, 0) is 4.79 Å². The maximum atomic E-state index is 12.1. The summed E-state index contributed by atoms with van der Waals surface area (Å²) in [7, 11) is 1.61. The first kappa shape index (κ1) is 16.8. The number of fused-ring (bicyclic) bond motifs is 1. The number of nitrogens with one attached hydrogen (secondary N) is 1. The Bertz CT molecular complexity index is 905. The standard InChI is InChI=1S/C20H20N2O3/c1-13-7-9-15(10-8-13)22-19(23)12-25-18-11-14(2)21-20-16(18)5-4-6-17(20)24-3/h4-11H,12H2,1-3H3,(H,22,23). The number of ether oxygens (including phenoxy) is 2. The topological polar surface area (TPSA) is 60.5 Å². The average molecular weight is 336 g/mol. The molecule has 0 spiro atoms. The number of carbonyl (C=O) groups is 1. The van der Waals surface area contributed by atoms with Gasteiger partial charge in [0.1, 0.15) is 17.0 Å². The quantitative estimate of drug-likeness (QED) is 0.768. The average Bonchev–Trinajstić information content (AvgIpc) is 2.61. The van der Waals surface area contributed by atoms with Crippen LogP contribution < -0.4 is 14.8 Å². The maximum absolute atomic E-state index is 12.1.